The normalized spacial score (nSPS) is 16.9. The maximum Gasteiger partial charge on any atom is 0.129 e. The average molecular weight is 1160 g/mol. The molecule has 91 heavy (non-hydrogen) atoms. The van der Waals surface area contributed by atoms with Crippen LogP contribution in [-0.2, 0) is 0 Å². The molecule has 13 aromatic carbocycles. The molecule has 0 amide bonds. The molecule has 4 unspecified atom stereocenters. The van der Waals surface area contributed by atoms with E-state index in [-0.39, 0.29) is 24.4 Å². The summed E-state index contributed by atoms with van der Waals surface area (Å²) in [6.45, 7) is 0. The third-order valence-electron chi connectivity index (χ3n) is 20.8. The zero-order valence-electron chi connectivity index (χ0n) is 49.0. The Kier molecular flexibility index (Phi) is 9.22. The Morgan fingerprint density at radius 3 is 1.69 bits per heavy atom. The van der Waals surface area contributed by atoms with Gasteiger partial charge in [-0.25, -0.2) is 0 Å². The van der Waals surface area contributed by atoms with E-state index >= 15 is 0 Å². The Balaban J connectivity index is 0.795. The van der Waals surface area contributed by atoms with E-state index in [1.54, 1.807) is 0 Å². The molecule has 9 heteroatoms. The van der Waals surface area contributed by atoms with Crippen LogP contribution in [0.2, 0.25) is 0 Å². The summed E-state index contributed by atoms with van der Waals surface area (Å²) in [6, 6.07) is 101. The van der Waals surface area contributed by atoms with E-state index in [0.29, 0.717) is 0 Å². The van der Waals surface area contributed by atoms with Gasteiger partial charge in [-0.2, -0.15) is 0 Å². The molecule has 9 heterocycles. The van der Waals surface area contributed by atoms with Crippen LogP contribution in [-0.4, -0.2) is 22.8 Å². The summed E-state index contributed by atoms with van der Waals surface area (Å²) in [5, 5.41) is 30.2. The van der Waals surface area contributed by atoms with Gasteiger partial charge in [0.2, 0.25) is 0 Å². The second-order valence-electron chi connectivity index (χ2n) is 25.3. The Morgan fingerprint density at radius 2 is 0.846 bits per heavy atom. The number of para-hydroxylation sites is 8. The number of fused-ring (bicyclic) bond motifs is 25. The molecular formula is C82H52N9-. The summed E-state index contributed by atoms with van der Waals surface area (Å²) < 4.78 is 12.7. The molecule has 0 saturated heterocycles. The van der Waals surface area contributed by atoms with Crippen LogP contribution < -0.4 is 16.0 Å². The van der Waals surface area contributed by atoms with Crippen LogP contribution in [0.5, 0.6) is 0 Å². The molecular weight excluding hydrogens is 1110 g/mol. The highest BCUT2D eigenvalue weighted by atomic mass is 15.3. The number of hydrogen-bond donors (Lipinski definition) is 3. The van der Waals surface area contributed by atoms with E-state index < -0.39 is 0 Å². The number of aromatic nitrogens is 5. The van der Waals surface area contributed by atoms with Crippen LogP contribution in [0.1, 0.15) is 35.5 Å². The van der Waals surface area contributed by atoms with Gasteiger partial charge in [-0.1, -0.05) is 176 Å². The van der Waals surface area contributed by atoms with Gasteiger partial charge >= 0.3 is 0 Å². The quantitative estimate of drug-likeness (QED) is 0.161. The molecule has 22 rings (SSSR count). The summed E-state index contributed by atoms with van der Waals surface area (Å²) in [5.74, 6) is 0. The molecule has 0 radical (unpaired) electrons. The smallest absolute Gasteiger partial charge is 0.129 e. The zero-order chi connectivity index (χ0) is 58.9. The minimum absolute atomic E-state index is 0.00601. The van der Waals surface area contributed by atoms with Crippen molar-refractivity contribution < 1.29 is 0 Å². The lowest BCUT2D eigenvalue weighted by Crippen LogP contribution is -2.30. The summed E-state index contributed by atoms with van der Waals surface area (Å²) in [7, 11) is 0. The maximum atomic E-state index is 5.63. The highest BCUT2D eigenvalue weighted by molar-refractivity contribution is 6.28. The van der Waals surface area contributed by atoms with Crippen LogP contribution in [0.15, 0.2) is 273 Å². The van der Waals surface area contributed by atoms with E-state index in [0.717, 1.165) is 62.0 Å². The molecule has 4 aliphatic heterocycles. The first-order chi connectivity index (χ1) is 45.1. The summed E-state index contributed by atoms with van der Waals surface area (Å²) in [6.07, 6.45) is -0.289. The fourth-order valence-electron chi connectivity index (χ4n) is 17.1. The number of benzene rings is 13. The van der Waals surface area contributed by atoms with Crippen molar-refractivity contribution in [2.75, 3.05) is 16.0 Å². The van der Waals surface area contributed by atoms with Gasteiger partial charge in [0.15, 0.2) is 0 Å². The van der Waals surface area contributed by atoms with Crippen LogP contribution in [0.25, 0.3) is 154 Å². The monoisotopic (exact) mass is 1160 g/mol. The van der Waals surface area contributed by atoms with E-state index in [1.165, 1.54) is 120 Å². The van der Waals surface area contributed by atoms with Crippen molar-refractivity contribution in [3.05, 3.63) is 289 Å². The van der Waals surface area contributed by atoms with Crippen LogP contribution in [0.4, 0.5) is 22.7 Å². The second kappa shape index (κ2) is 17.4. The standard InChI is InChI=1S/C82H52N9/c1-3-16-46(17-4-1)47-30-34-51(35-31-47)89-68-29-14-8-21-54(68)60-45-61-56-37-32-49(43-71(56)90-80(61)74(79(60)89)76-82(90)86-66-27-12-10-25-64(66)84-76)48-33-40-69-62(42-48)73-70(88(69)52-36-38-55-53-20-7-13-28-67(53)87(72(55)44-52)50-18-5-2-6-19-50)41-39-58-57-22-15-23-59-75-81(91(77(57)59)78(58)73)85-65-26-11-9-24-63(65)83-75/h1-45,75-76,81-84,86H/q-1. The van der Waals surface area contributed by atoms with Crippen molar-refractivity contribution in [3.63, 3.8) is 0 Å². The van der Waals surface area contributed by atoms with Gasteiger partial charge in [0, 0.05) is 82.2 Å². The van der Waals surface area contributed by atoms with Crippen molar-refractivity contribution in [1.29, 1.82) is 0 Å². The van der Waals surface area contributed by atoms with Crippen molar-refractivity contribution >= 4 is 132 Å². The van der Waals surface area contributed by atoms with E-state index in [2.05, 4.69) is 312 Å². The first kappa shape index (κ1) is 48.1. The van der Waals surface area contributed by atoms with Crippen molar-refractivity contribution in [1.82, 2.24) is 22.8 Å². The first-order valence-electron chi connectivity index (χ1n) is 31.7. The van der Waals surface area contributed by atoms with E-state index in [1.807, 2.05) is 0 Å². The minimum Gasteiger partial charge on any atom is -0.661 e. The molecule has 9 nitrogen and oxygen atoms in total. The Hall–Kier alpha value is -11.9. The Morgan fingerprint density at radius 1 is 0.286 bits per heavy atom. The summed E-state index contributed by atoms with van der Waals surface area (Å²) in [5.41, 5.74) is 27.0. The van der Waals surface area contributed by atoms with Gasteiger partial charge in [-0.15, -0.1) is 5.69 Å². The van der Waals surface area contributed by atoms with E-state index in [9.17, 15) is 0 Å². The van der Waals surface area contributed by atoms with Gasteiger partial charge in [-0.05, 0) is 131 Å². The molecule has 4 aliphatic rings. The van der Waals surface area contributed by atoms with Gasteiger partial charge < -0.3 is 44.1 Å². The molecule has 18 aromatic rings. The van der Waals surface area contributed by atoms with Crippen molar-refractivity contribution in [2.24, 2.45) is 0 Å². The highest BCUT2D eigenvalue weighted by Gasteiger charge is 2.43. The molecule has 5 aromatic heterocycles. The highest BCUT2D eigenvalue weighted by Crippen LogP contribution is 2.58. The van der Waals surface area contributed by atoms with Gasteiger partial charge in [0.25, 0.3) is 0 Å². The van der Waals surface area contributed by atoms with Gasteiger partial charge in [0.05, 0.1) is 78.6 Å². The maximum absolute atomic E-state index is 5.63. The molecule has 3 N–H and O–H groups in total. The Bertz CT molecular complexity index is 6240. The van der Waals surface area contributed by atoms with Gasteiger partial charge in [0.1, 0.15) is 6.17 Å². The summed E-state index contributed by atoms with van der Waals surface area (Å²) >= 11 is 0. The van der Waals surface area contributed by atoms with Crippen LogP contribution >= 0.6 is 0 Å². The molecule has 0 spiro atoms. The SMILES string of the molecule is c1ccc(-c2ccc(-n3c4ccccc4c4cc5c6ccc(-c7ccc8c(c7)c7c(ccc9c%10cccc%11c%10n(c97)C7[N-]c9ccccc9NC%117)n8-c7ccc8c9ccccc9n(-c9ccccc9)c8c7)cc6n6c5c(c43)C3Nc4ccccc4NC36)cc2)cc1. The molecule has 0 bridgehead atoms. The van der Waals surface area contributed by atoms with Crippen LogP contribution in [0, 0.1) is 0 Å². The number of hydrogen-bond acceptors (Lipinski definition) is 3. The topological polar surface area (TPSA) is 74.8 Å². The Labute approximate surface area is 520 Å². The predicted octanol–water partition coefficient (Wildman–Crippen LogP) is 21.3. The van der Waals surface area contributed by atoms with E-state index in [4.69, 9.17) is 5.32 Å². The first-order valence-corrected chi connectivity index (χ1v) is 31.7. The van der Waals surface area contributed by atoms with Crippen LogP contribution in [0.3, 0.4) is 0 Å². The lowest BCUT2D eigenvalue weighted by Gasteiger charge is -2.44. The third kappa shape index (κ3) is 6.28. The number of anilines is 3. The average Bonchev–Trinajstić information content (AvgIpc) is 1.53. The molecule has 0 fully saturated rings. The largest absolute Gasteiger partial charge is 0.661 e. The fourth-order valence-corrected chi connectivity index (χ4v) is 17.1. The molecule has 426 valence electrons. The second-order valence-corrected chi connectivity index (χ2v) is 25.3. The minimum atomic E-state index is -0.179. The molecule has 0 aliphatic carbocycles. The molecule has 4 atom stereocenters. The third-order valence-corrected chi connectivity index (χ3v) is 20.8. The molecule has 0 saturated carbocycles. The number of nitrogens with zero attached hydrogens (tertiary/aromatic N) is 6. The van der Waals surface area contributed by atoms with Crippen molar-refractivity contribution in [2.45, 2.75) is 24.4 Å². The lowest BCUT2D eigenvalue weighted by molar-refractivity contribution is 0.541. The lowest BCUT2D eigenvalue weighted by atomic mass is 9.96. The van der Waals surface area contributed by atoms with Gasteiger partial charge in [-0.3, -0.25) is 0 Å². The summed E-state index contributed by atoms with van der Waals surface area (Å²) in [4.78, 5) is 0. The van der Waals surface area contributed by atoms with Crippen molar-refractivity contribution in [3.8, 4) is 39.3 Å². The number of rotatable bonds is 5. The predicted molar refractivity (Wildman–Crippen MR) is 377 cm³/mol. The zero-order valence-corrected chi connectivity index (χ0v) is 49.0. The fraction of sp³-hybridized carbons (Fsp3) is 0.0488. The number of nitrogens with one attached hydrogen (secondary N) is 3.